The Labute approximate surface area is 88.4 Å². The first-order valence-electron chi connectivity index (χ1n) is 4.45. The van der Waals surface area contributed by atoms with E-state index in [-0.39, 0.29) is 5.91 Å². The van der Waals surface area contributed by atoms with Crippen molar-refractivity contribution in [2.75, 3.05) is 5.32 Å². The van der Waals surface area contributed by atoms with Crippen LogP contribution in [0.1, 0.15) is 5.56 Å². The van der Waals surface area contributed by atoms with Gasteiger partial charge >= 0.3 is 7.12 Å². The third-order valence-corrected chi connectivity index (χ3v) is 2.10. The largest absolute Gasteiger partial charge is 0.488 e. The van der Waals surface area contributed by atoms with Crippen LogP contribution in [0.25, 0.3) is 0 Å². The molecule has 5 heteroatoms. The first-order valence-corrected chi connectivity index (χ1v) is 4.45. The Kier molecular flexibility index (Phi) is 3.65. The summed E-state index contributed by atoms with van der Waals surface area (Å²) >= 11 is 0. The molecular formula is C10H12BNO3. The van der Waals surface area contributed by atoms with E-state index < -0.39 is 7.12 Å². The SMILES string of the molecule is C=CC(=O)Nc1cccc(B(O)O)c1C. The maximum Gasteiger partial charge on any atom is 0.488 e. The number of benzene rings is 1. The molecule has 0 heterocycles. The zero-order valence-electron chi connectivity index (χ0n) is 8.40. The monoisotopic (exact) mass is 205 g/mol. The van der Waals surface area contributed by atoms with Gasteiger partial charge in [-0.25, -0.2) is 0 Å². The highest BCUT2D eigenvalue weighted by atomic mass is 16.4. The highest BCUT2D eigenvalue weighted by molar-refractivity contribution is 6.59. The van der Waals surface area contributed by atoms with Gasteiger partial charge < -0.3 is 15.4 Å². The minimum absolute atomic E-state index is 0.331. The maximum atomic E-state index is 11.1. The molecule has 0 fully saturated rings. The lowest BCUT2D eigenvalue weighted by atomic mass is 9.77. The average molecular weight is 205 g/mol. The molecule has 0 spiro atoms. The summed E-state index contributed by atoms with van der Waals surface area (Å²) in [6, 6.07) is 4.91. The predicted molar refractivity (Wildman–Crippen MR) is 59.8 cm³/mol. The van der Waals surface area contributed by atoms with E-state index >= 15 is 0 Å². The normalized spacial score (nSPS) is 9.53. The second-order valence-corrected chi connectivity index (χ2v) is 3.09. The number of amides is 1. The Morgan fingerprint density at radius 2 is 2.20 bits per heavy atom. The molecule has 0 unspecified atom stereocenters. The first-order chi connectivity index (χ1) is 7.06. The fourth-order valence-electron chi connectivity index (χ4n) is 1.25. The second kappa shape index (κ2) is 4.77. The van der Waals surface area contributed by atoms with Crippen molar-refractivity contribution in [2.45, 2.75) is 6.92 Å². The van der Waals surface area contributed by atoms with Gasteiger partial charge in [-0.1, -0.05) is 18.7 Å². The van der Waals surface area contributed by atoms with Gasteiger partial charge in [-0.05, 0) is 30.1 Å². The Balaban J connectivity index is 3.04. The Bertz CT molecular complexity index is 390. The van der Waals surface area contributed by atoms with Crippen LogP contribution in [-0.4, -0.2) is 23.1 Å². The topological polar surface area (TPSA) is 69.6 Å². The standard InChI is InChI=1S/C10H12BNO3/c1-3-10(13)12-9-6-4-5-8(7(9)2)11(14)15/h3-6,14-15H,1H2,2H3,(H,12,13). The summed E-state index contributed by atoms with van der Waals surface area (Å²) in [6.07, 6.45) is 1.15. The third-order valence-electron chi connectivity index (χ3n) is 2.10. The Morgan fingerprint density at radius 1 is 1.53 bits per heavy atom. The van der Waals surface area contributed by atoms with Crippen LogP contribution in [0, 0.1) is 6.92 Å². The summed E-state index contributed by atoms with van der Waals surface area (Å²) in [5.41, 5.74) is 1.55. The van der Waals surface area contributed by atoms with E-state index in [4.69, 9.17) is 10.0 Å². The van der Waals surface area contributed by atoms with E-state index in [1.165, 1.54) is 0 Å². The van der Waals surface area contributed by atoms with Crippen LogP contribution in [-0.2, 0) is 4.79 Å². The van der Waals surface area contributed by atoms with E-state index in [2.05, 4.69) is 11.9 Å². The molecule has 4 nitrogen and oxygen atoms in total. The molecule has 0 atom stereocenters. The number of anilines is 1. The molecule has 15 heavy (non-hydrogen) atoms. The summed E-state index contributed by atoms with van der Waals surface area (Å²) in [5.74, 6) is -0.331. The molecule has 1 amide bonds. The smallest absolute Gasteiger partial charge is 0.423 e. The minimum Gasteiger partial charge on any atom is -0.423 e. The highest BCUT2D eigenvalue weighted by Gasteiger charge is 2.15. The van der Waals surface area contributed by atoms with Crippen molar-refractivity contribution in [1.82, 2.24) is 0 Å². The lowest BCUT2D eigenvalue weighted by Crippen LogP contribution is -2.32. The Hall–Kier alpha value is -1.59. The molecule has 0 aliphatic carbocycles. The van der Waals surface area contributed by atoms with Crippen LogP contribution in [0.2, 0.25) is 0 Å². The van der Waals surface area contributed by atoms with Crippen molar-refractivity contribution in [1.29, 1.82) is 0 Å². The first kappa shape index (κ1) is 11.5. The molecule has 0 saturated carbocycles. The van der Waals surface area contributed by atoms with Crippen molar-refractivity contribution < 1.29 is 14.8 Å². The van der Waals surface area contributed by atoms with Crippen LogP contribution in [0.3, 0.4) is 0 Å². The number of hydrogen-bond donors (Lipinski definition) is 3. The third kappa shape index (κ3) is 2.68. The van der Waals surface area contributed by atoms with Crippen molar-refractivity contribution in [3.05, 3.63) is 36.4 Å². The highest BCUT2D eigenvalue weighted by Crippen LogP contribution is 2.11. The quantitative estimate of drug-likeness (QED) is 0.472. The van der Waals surface area contributed by atoms with Crippen molar-refractivity contribution in [2.24, 2.45) is 0 Å². The van der Waals surface area contributed by atoms with Gasteiger partial charge in [-0.2, -0.15) is 0 Å². The van der Waals surface area contributed by atoms with E-state index in [1.807, 2.05) is 0 Å². The fourth-order valence-corrected chi connectivity index (χ4v) is 1.25. The van der Waals surface area contributed by atoms with Crippen molar-refractivity contribution in [3.8, 4) is 0 Å². The number of carbonyl (C=O) groups excluding carboxylic acids is 1. The summed E-state index contributed by atoms with van der Waals surface area (Å²) in [7, 11) is -1.54. The van der Waals surface area contributed by atoms with Gasteiger partial charge in [0.1, 0.15) is 0 Å². The summed E-state index contributed by atoms with van der Waals surface area (Å²) in [4.78, 5) is 11.1. The zero-order chi connectivity index (χ0) is 11.4. The van der Waals surface area contributed by atoms with Gasteiger partial charge in [0, 0.05) is 5.69 Å². The molecule has 0 aromatic heterocycles. The van der Waals surface area contributed by atoms with Gasteiger partial charge in [-0.3, -0.25) is 4.79 Å². The molecular weight excluding hydrogens is 193 g/mol. The average Bonchev–Trinajstić information content (AvgIpc) is 2.20. The van der Waals surface area contributed by atoms with E-state index in [9.17, 15) is 4.79 Å². The predicted octanol–water partition coefficient (Wildman–Crippen LogP) is -0.201. The van der Waals surface area contributed by atoms with E-state index in [0.29, 0.717) is 16.7 Å². The van der Waals surface area contributed by atoms with E-state index in [1.54, 1.807) is 25.1 Å². The van der Waals surface area contributed by atoms with Crippen molar-refractivity contribution >= 4 is 24.2 Å². The van der Waals surface area contributed by atoms with Gasteiger partial charge in [0.2, 0.25) is 5.91 Å². The Morgan fingerprint density at radius 3 is 2.73 bits per heavy atom. The van der Waals surface area contributed by atoms with Crippen LogP contribution >= 0.6 is 0 Å². The van der Waals surface area contributed by atoms with Gasteiger partial charge in [0.05, 0.1) is 0 Å². The molecule has 1 rings (SSSR count). The molecule has 1 aromatic carbocycles. The van der Waals surface area contributed by atoms with Gasteiger partial charge in [0.15, 0.2) is 0 Å². The van der Waals surface area contributed by atoms with E-state index in [0.717, 1.165) is 6.08 Å². The summed E-state index contributed by atoms with van der Waals surface area (Å²) in [6.45, 7) is 5.04. The zero-order valence-corrected chi connectivity index (χ0v) is 8.40. The molecule has 0 radical (unpaired) electrons. The summed E-state index contributed by atoms with van der Waals surface area (Å²) < 4.78 is 0. The molecule has 78 valence electrons. The van der Waals surface area contributed by atoms with Gasteiger partial charge in [0.25, 0.3) is 0 Å². The minimum atomic E-state index is -1.54. The van der Waals surface area contributed by atoms with Crippen molar-refractivity contribution in [3.63, 3.8) is 0 Å². The molecule has 3 N–H and O–H groups in total. The number of rotatable bonds is 3. The van der Waals surface area contributed by atoms with Crippen LogP contribution in [0.4, 0.5) is 5.69 Å². The molecule has 0 aliphatic rings. The van der Waals surface area contributed by atoms with Gasteiger partial charge in [-0.15, -0.1) is 0 Å². The molecule has 0 bridgehead atoms. The van der Waals surface area contributed by atoms with Crippen LogP contribution in [0.15, 0.2) is 30.9 Å². The van der Waals surface area contributed by atoms with Crippen LogP contribution < -0.4 is 10.8 Å². The maximum absolute atomic E-state index is 11.1. The molecule has 0 saturated heterocycles. The number of carbonyl (C=O) groups is 1. The second-order valence-electron chi connectivity index (χ2n) is 3.09. The number of nitrogens with one attached hydrogen (secondary N) is 1. The molecule has 1 aromatic rings. The summed E-state index contributed by atoms with van der Waals surface area (Å²) in [5, 5.41) is 20.7. The fraction of sp³-hybridized carbons (Fsp3) is 0.100. The number of hydrogen-bond acceptors (Lipinski definition) is 3. The molecule has 0 aliphatic heterocycles. The lowest BCUT2D eigenvalue weighted by Gasteiger charge is -2.10. The lowest BCUT2D eigenvalue weighted by molar-refractivity contribution is -0.111. The van der Waals surface area contributed by atoms with Crippen LogP contribution in [0.5, 0.6) is 0 Å².